The molecule has 0 spiro atoms. The summed E-state index contributed by atoms with van der Waals surface area (Å²) in [6, 6.07) is 8.87. The van der Waals surface area contributed by atoms with Crippen LogP contribution in [0.5, 0.6) is 5.88 Å². The van der Waals surface area contributed by atoms with Crippen molar-refractivity contribution in [3.63, 3.8) is 0 Å². The van der Waals surface area contributed by atoms with Crippen LogP contribution in [0.1, 0.15) is 11.7 Å². The summed E-state index contributed by atoms with van der Waals surface area (Å²) < 4.78 is 5.04. The van der Waals surface area contributed by atoms with Crippen LogP contribution >= 0.6 is 11.6 Å². The molecule has 1 heterocycles. The fourth-order valence-electron chi connectivity index (χ4n) is 1.73. The molecule has 18 heavy (non-hydrogen) atoms. The van der Waals surface area contributed by atoms with E-state index in [0.29, 0.717) is 11.4 Å². The van der Waals surface area contributed by atoms with Crippen molar-refractivity contribution in [3.8, 4) is 5.88 Å². The van der Waals surface area contributed by atoms with Gasteiger partial charge >= 0.3 is 0 Å². The first kappa shape index (κ1) is 13.1. The SMILES string of the molecule is COc1ccc2cc(C(O)C(O)CCl)ccc2n1. The predicted molar refractivity (Wildman–Crippen MR) is 70.0 cm³/mol. The van der Waals surface area contributed by atoms with Gasteiger partial charge in [0.25, 0.3) is 0 Å². The minimum Gasteiger partial charge on any atom is -0.481 e. The largest absolute Gasteiger partial charge is 0.481 e. The van der Waals surface area contributed by atoms with Crippen molar-refractivity contribution in [1.29, 1.82) is 0 Å². The molecule has 96 valence electrons. The monoisotopic (exact) mass is 267 g/mol. The highest BCUT2D eigenvalue weighted by molar-refractivity contribution is 6.18. The van der Waals surface area contributed by atoms with Crippen LogP contribution in [-0.4, -0.2) is 34.3 Å². The average Bonchev–Trinajstić information content (AvgIpc) is 2.44. The van der Waals surface area contributed by atoms with Gasteiger partial charge in [0.2, 0.25) is 5.88 Å². The molecule has 1 aromatic carbocycles. The molecule has 2 unspecified atom stereocenters. The zero-order chi connectivity index (χ0) is 13.1. The number of fused-ring (bicyclic) bond motifs is 1. The standard InChI is InChI=1S/C13H14ClNO3/c1-18-12-5-3-8-6-9(2-4-10(8)15-12)13(17)11(16)7-14/h2-6,11,13,16-17H,7H2,1H3. The molecular weight excluding hydrogens is 254 g/mol. The van der Waals surface area contributed by atoms with E-state index in [0.717, 1.165) is 10.9 Å². The summed E-state index contributed by atoms with van der Waals surface area (Å²) in [5.41, 5.74) is 1.38. The smallest absolute Gasteiger partial charge is 0.213 e. The molecule has 1 aromatic heterocycles. The van der Waals surface area contributed by atoms with Crippen LogP contribution in [0, 0.1) is 0 Å². The maximum Gasteiger partial charge on any atom is 0.213 e. The van der Waals surface area contributed by atoms with Crippen molar-refractivity contribution in [2.24, 2.45) is 0 Å². The second-order valence-electron chi connectivity index (χ2n) is 3.97. The first-order valence-electron chi connectivity index (χ1n) is 5.52. The third-order valence-corrected chi connectivity index (χ3v) is 3.08. The maximum absolute atomic E-state index is 9.87. The maximum atomic E-state index is 9.87. The minimum absolute atomic E-state index is 0.0138. The first-order valence-corrected chi connectivity index (χ1v) is 6.06. The molecule has 0 aliphatic rings. The van der Waals surface area contributed by atoms with Crippen molar-refractivity contribution >= 4 is 22.5 Å². The van der Waals surface area contributed by atoms with Crippen LogP contribution in [0.15, 0.2) is 30.3 Å². The van der Waals surface area contributed by atoms with Crippen LogP contribution < -0.4 is 4.74 Å². The van der Waals surface area contributed by atoms with Crippen molar-refractivity contribution < 1.29 is 14.9 Å². The van der Waals surface area contributed by atoms with Crippen LogP contribution in [0.3, 0.4) is 0 Å². The molecule has 0 aliphatic carbocycles. The lowest BCUT2D eigenvalue weighted by molar-refractivity contribution is 0.0328. The predicted octanol–water partition coefficient (Wildman–Crippen LogP) is 1.88. The van der Waals surface area contributed by atoms with Crippen molar-refractivity contribution in [1.82, 2.24) is 4.98 Å². The molecule has 2 atom stereocenters. The van der Waals surface area contributed by atoms with E-state index in [1.54, 1.807) is 31.4 Å². The zero-order valence-corrected chi connectivity index (χ0v) is 10.6. The summed E-state index contributed by atoms with van der Waals surface area (Å²) in [4.78, 5) is 4.27. The zero-order valence-electron chi connectivity index (χ0n) is 9.88. The highest BCUT2D eigenvalue weighted by Crippen LogP contribution is 2.23. The fraction of sp³-hybridized carbons (Fsp3) is 0.308. The summed E-state index contributed by atoms with van der Waals surface area (Å²) in [5.74, 6) is 0.525. The number of rotatable bonds is 4. The summed E-state index contributed by atoms with van der Waals surface area (Å²) >= 11 is 5.52. The molecule has 2 N–H and O–H groups in total. The topological polar surface area (TPSA) is 62.6 Å². The number of pyridine rings is 1. The quantitative estimate of drug-likeness (QED) is 0.831. The van der Waals surface area contributed by atoms with Crippen molar-refractivity contribution in [2.75, 3.05) is 13.0 Å². The molecule has 5 heteroatoms. The van der Waals surface area contributed by atoms with Gasteiger partial charge in [-0.3, -0.25) is 0 Å². The molecule has 0 fully saturated rings. The van der Waals surface area contributed by atoms with E-state index in [1.807, 2.05) is 6.07 Å². The van der Waals surface area contributed by atoms with Crippen LogP contribution in [0.25, 0.3) is 10.9 Å². The number of benzene rings is 1. The second-order valence-corrected chi connectivity index (χ2v) is 4.28. The Labute approximate surface area is 110 Å². The van der Waals surface area contributed by atoms with E-state index < -0.39 is 12.2 Å². The van der Waals surface area contributed by atoms with Gasteiger partial charge in [0, 0.05) is 11.5 Å². The molecule has 0 amide bonds. The summed E-state index contributed by atoms with van der Waals surface area (Å²) in [5, 5.41) is 20.3. The van der Waals surface area contributed by atoms with Gasteiger partial charge in [0.05, 0.1) is 24.6 Å². The lowest BCUT2D eigenvalue weighted by Gasteiger charge is -2.16. The molecule has 0 bridgehead atoms. The Bertz CT molecular complexity index is 547. The summed E-state index contributed by atoms with van der Waals surface area (Å²) in [6.07, 6.45) is -1.97. The molecule has 0 saturated carbocycles. The Balaban J connectivity index is 2.38. The van der Waals surface area contributed by atoms with Crippen molar-refractivity contribution in [3.05, 3.63) is 35.9 Å². The van der Waals surface area contributed by atoms with Crippen LogP contribution in [0.4, 0.5) is 0 Å². The van der Waals surface area contributed by atoms with Gasteiger partial charge in [-0.1, -0.05) is 6.07 Å². The van der Waals surface area contributed by atoms with Gasteiger partial charge in [-0.05, 0) is 23.8 Å². The Hall–Kier alpha value is -1.36. The third kappa shape index (κ3) is 2.56. The number of alkyl halides is 1. The molecule has 4 nitrogen and oxygen atoms in total. The highest BCUT2D eigenvalue weighted by Gasteiger charge is 2.17. The lowest BCUT2D eigenvalue weighted by atomic mass is 10.0. The van der Waals surface area contributed by atoms with Crippen LogP contribution in [-0.2, 0) is 0 Å². The van der Waals surface area contributed by atoms with Crippen molar-refractivity contribution in [2.45, 2.75) is 12.2 Å². The van der Waals surface area contributed by atoms with Crippen LogP contribution in [0.2, 0.25) is 0 Å². The number of aromatic nitrogens is 1. The summed E-state index contributed by atoms with van der Waals surface area (Å²) in [7, 11) is 1.56. The lowest BCUT2D eigenvalue weighted by Crippen LogP contribution is -2.19. The third-order valence-electron chi connectivity index (χ3n) is 2.76. The Kier molecular flexibility index (Phi) is 4.01. The highest BCUT2D eigenvalue weighted by atomic mass is 35.5. The number of hydrogen-bond donors (Lipinski definition) is 2. The van der Waals surface area contributed by atoms with Gasteiger partial charge in [-0.2, -0.15) is 0 Å². The average molecular weight is 268 g/mol. The molecule has 2 aromatic rings. The number of hydrogen-bond acceptors (Lipinski definition) is 4. The van der Waals surface area contributed by atoms with E-state index in [4.69, 9.17) is 16.3 Å². The van der Waals surface area contributed by atoms with E-state index in [-0.39, 0.29) is 5.88 Å². The van der Waals surface area contributed by atoms with Gasteiger partial charge in [0.15, 0.2) is 0 Å². The number of halogens is 1. The minimum atomic E-state index is -0.992. The molecule has 0 saturated heterocycles. The normalized spacial score (nSPS) is 14.4. The van der Waals surface area contributed by atoms with E-state index in [2.05, 4.69) is 4.98 Å². The van der Waals surface area contributed by atoms with E-state index in [1.165, 1.54) is 0 Å². The molecular formula is C13H14ClNO3. The number of ether oxygens (including phenoxy) is 1. The Morgan fingerprint density at radius 1 is 1.28 bits per heavy atom. The van der Waals surface area contributed by atoms with Gasteiger partial charge < -0.3 is 14.9 Å². The fourth-order valence-corrected chi connectivity index (χ4v) is 1.90. The number of nitrogens with zero attached hydrogens (tertiary/aromatic N) is 1. The van der Waals surface area contributed by atoms with Gasteiger partial charge in [-0.25, -0.2) is 4.98 Å². The number of aliphatic hydroxyl groups excluding tert-OH is 2. The number of aliphatic hydroxyl groups is 2. The Morgan fingerprint density at radius 2 is 2.06 bits per heavy atom. The second kappa shape index (κ2) is 5.52. The van der Waals surface area contributed by atoms with Gasteiger partial charge in [-0.15, -0.1) is 11.6 Å². The molecule has 0 radical (unpaired) electrons. The van der Waals surface area contributed by atoms with Gasteiger partial charge in [0.1, 0.15) is 6.10 Å². The number of methoxy groups -OCH3 is 1. The van der Waals surface area contributed by atoms with E-state index >= 15 is 0 Å². The molecule has 0 aliphatic heterocycles. The Morgan fingerprint density at radius 3 is 2.72 bits per heavy atom. The first-order chi connectivity index (χ1) is 8.65. The molecule has 2 rings (SSSR count). The van der Waals surface area contributed by atoms with E-state index in [9.17, 15) is 10.2 Å². The summed E-state index contributed by atoms with van der Waals surface area (Å²) in [6.45, 7) is 0.